The van der Waals surface area contributed by atoms with Gasteiger partial charge in [0, 0.05) is 30.7 Å². The van der Waals surface area contributed by atoms with E-state index in [0.29, 0.717) is 19.3 Å². The number of aromatic nitrogens is 1. The van der Waals surface area contributed by atoms with E-state index in [1.165, 1.54) is 12.5 Å². The fourth-order valence-electron chi connectivity index (χ4n) is 4.54. The van der Waals surface area contributed by atoms with Crippen LogP contribution in [-0.4, -0.2) is 52.4 Å². The summed E-state index contributed by atoms with van der Waals surface area (Å²) in [6.45, 7) is 1.24. The van der Waals surface area contributed by atoms with Crippen LogP contribution < -0.4 is 10.2 Å². The molecule has 1 aromatic heterocycles. The zero-order valence-corrected chi connectivity index (χ0v) is 21.7. The van der Waals surface area contributed by atoms with Gasteiger partial charge in [0.25, 0.3) is 0 Å². The van der Waals surface area contributed by atoms with E-state index in [4.69, 9.17) is 4.74 Å². The normalized spacial score (nSPS) is 15.4. The molecule has 3 aromatic rings. The summed E-state index contributed by atoms with van der Waals surface area (Å²) < 4.78 is 5.18. The largest absolute Gasteiger partial charge is 0.454 e. The minimum absolute atomic E-state index is 0.00934. The zero-order chi connectivity index (χ0) is 26.3. The Morgan fingerprint density at radius 2 is 1.78 bits per heavy atom. The van der Waals surface area contributed by atoms with Crippen LogP contribution in [0.5, 0.6) is 0 Å². The lowest BCUT2D eigenvalue weighted by Gasteiger charge is -2.41. The van der Waals surface area contributed by atoms with Crippen LogP contribution in [0, 0.1) is 0 Å². The first-order valence-electron chi connectivity index (χ1n) is 12.5. The number of esters is 1. The summed E-state index contributed by atoms with van der Waals surface area (Å²) in [5.41, 5.74) is 2.89. The molecule has 0 radical (unpaired) electrons. The second-order valence-electron chi connectivity index (χ2n) is 9.35. The summed E-state index contributed by atoms with van der Waals surface area (Å²) in [7, 11) is 0. The van der Waals surface area contributed by atoms with E-state index in [2.05, 4.69) is 22.4 Å². The number of anilines is 2. The van der Waals surface area contributed by atoms with E-state index in [1.54, 1.807) is 17.5 Å². The number of aliphatic hydroxyl groups is 2. The molecule has 1 atom stereocenters. The van der Waals surface area contributed by atoms with Crippen LogP contribution in [0.15, 0.2) is 60.1 Å². The molecule has 1 unspecified atom stereocenters. The van der Waals surface area contributed by atoms with Gasteiger partial charge in [-0.05, 0) is 54.5 Å². The van der Waals surface area contributed by atoms with Crippen molar-refractivity contribution in [3.8, 4) is 0 Å². The van der Waals surface area contributed by atoms with Crippen molar-refractivity contribution >= 4 is 34.0 Å². The molecule has 1 aliphatic rings. The lowest BCUT2D eigenvalue weighted by molar-refractivity contribution is -0.168. The third-order valence-electron chi connectivity index (χ3n) is 6.68. The molecule has 1 amide bonds. The molecule has 196 valence electrons. The minimum Gasteiger partial charge on any atom is -0.454 e. The van der Waals surface area contributed by atoms with Gasteiger partial charge in [-0.15, -0.1) is 11.3 Å². The Hall–Kier alpha value is -3.27. The van der Waals surface area contributed by atoms with Gasteiger partial charge in [0.15, 0.2) is 10.7 Å². The van der Waals surface area contributed by atoms with Crippen molar-refractivity contribution in [3.63, 3.8) is 0 Å². The number of amides is 1. The maximum Gasteiger partial charge on any atom is 0.303 e. The number of benzene rings is 2. The van der Waals surface area contributed by atoms with Gasteiger partial charge in [-0.1, -0.05) is 36.4 Å². The molecule has 4 rings (SSSR count). The Balaban J connectivity index is 1.32. The minimum atomic E-state index is -1.29. The number of nitrogens with one attached hydrogen (secondary N) is 1. The van der Waals surface area contributed by atoms with Gasteiger partial charge in [-0.25, -0.2) is 4.98 Å². The fourth-order valence-corrected chi connectivity index (χ4v) is 5.09. The summed E-state index contributed by atoms with van der Waals surface area (Å²) >= 11 is 1.60. The van der Waals surface area contributed by atoms with Crippen LogP contribution in [0.1, 0.15) is 48.9 Å². The highest BCUT2D eigenvalue weighted by molar-refractivity contribution is 7.13. The molecule has 2 heterocycles. The Bertz CT molecular complexity index is 1160. The monoisotopic (exact) mass is 523 g/mol. The first-order valence-corrected chi connectivity index (χ1v) is 13.4. The molecule has 0 bridgehead atoms. The SMILES string of the molecule is CC(=O)OC(CO)(CO)CCc1ccc(C2CC(=O)N2c2ccc(CCCNc3nccs3)cc2)cc1. The van der Waals surface area contributed by atoms with E-state index in [1.807, 2.05) is 46.7 Å². The molecule has 37 heavy (non-hydrogen) atoms. The van der Waals surface area contributed by atoms with Crippen molar-refractivity contribution in [3.05, 3.63) is 76.8 Å². The summed E-state index contributed by atoms with van der Waals surface area (Å²) in [6, 6.07) is 16.2. The smallest absolute Gasteiger partial charge is 0.303 e. The molecule has 1 saturated heterocycles. The van der Waals surface area contributed by atoms with E-state index in [-0.39, 0.29) is 11.9 Å². The molecule has 8 nitrogen and oxygen atoms in total. The zero-order valence-electron chi connectivity index (χ0n) is 20.9. The molecule has 0 aliphatic carbocycles. The number of carbonyl (C=O) groups is 2. The lowest BCUT2D eigenvalue weighted by Crippen LogP contribution is -2.46. The number of β-lactam (4-membered cyclic amide) rings is 1. The third kappa shape index (κ3) is 6.74. The molecule has 1 fully saturated rings. The quantitative estimate of drug-likeness (QED) is 0.177. The lowest BCUT2D eigenvalue weighted by atomic mass is 9.90. The molecule has 2 aromatic carbocycles. The van der Waals surface area contributed by atoms with E-state index < -0.39 is 24.8 Å². The van der Waals surface area contributed by atoms with Crippen molar-refractivity contribution in [1.29, 1.82) is 0 Å². The molecule has 9 heteroatoms. The van der Waals surface area contributed by atoms with Crippen molar-refractivity contribution in [2.24, 2.45) is 0 Å². The average Bonchev–Trinajstić information content (AvgIpc) is 3.42. The van der Waals surface area contributed by atoms with Crippen molar-refractivity contribution in [1.82, 2.24) is 4.98 Å². The number of aryl methyl sites for hydroxylation is 2. The first kappa shape index (κ1) is 26.8. The summed E-state index contributed by atoms with van der Waals surface area (Å²) in [4.78, 5) is 29.9. The van der Waals surface area contributed by atoms with Crippen LogP contribution in [0.4, 0.5) is 10.8 Å². The highest BCUT2D eigenvalue weighted by atomic mass is 32.1. The molecule has 0 saturated carbocycles. The van der Waals surface area contributed by atoms with Gasteiger partial charge in [0.05, 0.1) is 25.7 Å². The van der Waals surface area contributed by atoms with E-state index in [0.717, 1.165) is 41.3 Å². The van der Waals surface area contributed by atoms with Gasteiger partial charge >= 0.3 is 5.97 Å². The summed E-state index contributed by atoms with van der Waals surface area (Å²) in [6.07, 6.45) is 5.04. The number of thiazole rings is 1. The maximum atomic E-state index is 12.5. The predicted octanol–water partition coefficient (Wildman–Crippen LogP) is 3.88. The standard InChI is InChI=1S/C28H33N3O5S/c1-20(34)36-28(18-32,19-33)13-12-22-4-8-23(9-5-22)25-17-26(35)31(25)24-10-6-21(7-11-24)3-2-14-29-27-30-15-16-37-27/h4-11,15-16,25,32-33H,2-3,12-14,17-19H2,1H3,(H,29,30). The number of hydrogen-bond acceptors (Lipinski definition) is 8. The van der Waals surface area contributed by atoms with Gasteiger partial charge < -0.3 is 25.2 Å². The van der Waals surface area contributed by atoms with Gasteiger partial charge in [0.2, 0.25) is 5.91 Å². The number of nitrogens with zero attached hydrogens (tertiary/aromatic N) is 2. The van der Waals surface area contributed by atoms with Crippen LogP contribution in [0.3, 0.4) is 0 Å². The number of ether oxygens (including phenoxy) is 1. The Kier molecular flexibility index (Phi) is 8.91. The third-order valence-corrected chi connectivity index (χ3v) is 7.41. The van der Waals surface area contributed by atoms with Crippen molar-refractivity contribution < 1.29 is 24.5 Å². The first-order chi connectivity index (χ1) is 17.9. The van der Waals surface area contributed by atoms with Gasteiger partial charge in [0.1, 0.15) is 0 Å². The molecular weight excluding hydrogens is 490 g/mol. The summed E-state index contributed by atoms with van der Waals surface area (Å²) in [5, 5.41) is 25.5. The van der Waals surface area contributed by atoms with E-state index >= 15 is 0 Å². The van der Waals surface area contributed by atoms with Crippen LogP contribution >= 0.6 is 11.3 Å². The van der Waals surface area contributed by atoms with Gasteiger partial charge in [-0.2, -0.15) is 0 Å². The second kappa shape index (κ2) is 12.3. The van der Waals surface area contributed by atoms with Gasteiger partial charge in [-0.3, -0.25) is 9.59 Å². The molecule has 3 N–H and O–H groups in total. The van der Waals surface area contributed by atoms with Crippen molar-refractivity contribution in [2.75, 3.05) is 30.0 Å². The number of carbonyl (C=O) groups excluding carboxylic acids is 2. The van der Waals surface area contributed by atoms with Crippen LogP contribution in [0.2, 0.25) is 0 Å². The maximum absolute atomic E-state index is 12.5. The van der Waals surface area contributed by atoms with Crippen molar-refractivity contribution in [2.45, 2.75) is 50.7 Å². The number of aliphatic hydroxyl groups excluding tert-OH is 2. The highest BCUT2D eigenvalue weighted by Gasteiger charge is 2.38. The van der Waals surface area contributed by atoms with Crippen LogP contribution in [0.25, 0.3) is 0 Å². The fraction of sp³-hybridized carbons (Fsp3) is 0.393. The van der Waals surface area contributed by atoms with Crippen LogP contribution in [-0.2, 0) is 27.2 Å². The Morgan fingerprint density at radius 3 is 2.38 bits per heavy atom. The highest BCUT2D eigenvalue weighted by Crippen LogP contribution is 2.39. The topological polar surface area (TPSA) is 112 Å². The Labute approximate surface area is 220 Å². The number of rotatable bonds is 13. The average molecular weight is 524 g/mol. The molecular formula is C28H33N3O5S. The summed E-state index contributed by atoms with van der Waals surface area (Å²) in [5.74, 6) is -0.434. The van der Waals surface area contributed by atoms with E-state index in [9.17, 15) is 19.8 Å². The molecule has 1 aliphatic heterocycles. The predicted molar refractivity (Wildman–Crippen MR) is 144 cm³/mol. The Morgan fingerprint density at radius 1 is 1.11 bits per heavy atom. The second-order valence-corrected chi connectivity index (χ2v) is 10.2. The molecule has 0 spiro atoms. The number of hydrogen-bond donors (Lipinski definition) is 3.